The highest BCUT2D eigenvalue weighted by molar-refractivity contribution is 8.00. The van der Waals surface area contributed by atoms with Crippen LogP contribution in [0.25, 0.3) is 0 Å². The number of nitrogens with one attached hydrogen (secondary N) is 2. The molecule has 0 aromatic heterocycles. The summed E-state index contributed by atoms with van der Waals surface area (Å²) in [5.74, 6) is -0.0213. The monoisotopic (exact) mass is 394 g/mol. The third-order valence-electron chi connectivity index (χ3n) is 3.60. The molecule has 2 aromatic rings. The Morgan fingerprint density at radius 2 is 1.80 bits per heavy atom. The molecule has 0 bridgehead atoms. The molecule has 2 amide bonds. The number of carbonyl (C=O) groups excluding carboxylic acids is 2. The number of rotatable bonds is 6. The van der Waals surface area contributed by atoms with Gasteiger partial charge >= 0.3 is 0 Å². The van der Waals surface area contributed by atoms with E-state index in [1.54, 1.807) is 42.5 Å². The van der Waals surface area contributed by atoms with Gasteiger partial charge in [0.25, 0.3) is 5.91 Å². The number of hydrogen-bond acceptors (Lipinski definition) is 3. The largest absolute Gasteiger partial charge is 0.349 e. The zero-order chi connectivity index (χ0) is 17.8. The van der Waals surface area contributed by atoms with Gasteiger partial charge in [-0.2, -0.15) is 0 Å². The second-order valence-corrected chi connectivity index (χ2v) is 7.60. The van der Waals surface area contributed by atoms with Crippen LogP contribution < -0.4 is 10.6 Å². The van der Waals surface area contributed by atoms with Crippen molar-refractivity contribution >= 4 is 52.5 Å². The van der Waals surface area contributed by atoms with Gasteiger partial charge in [-0.15, -0.1) is 11.8 Å². The molecule has 0 heterocycles. The summed E-state index contributed by atoms with van der Waals surface area (Å²) < 4.78 is 0. The average molecular weight is 395 g/mol. The number of carbonyl (C=O) groups is 2. The van der Waals surface area contributed by atoms with Crippen LogP contribution in [-0.2, 0) is 4.79 Å². The van der Waals surface area contributed by atoms with Gasteiger partial charge in [0, 0.05) is 27.2 Å². The van der Waals surface area contributed by atoms with Crippen LogP contribution in [-0.4, -0.2) is 23.6 Å². The summed E-state index contributed by atoms with van der Waals surface area (Å²) in [5, 5.41) is 6.86. The Morgan fingerprint density at radius 1 is 1.08 bits per heavy atom. The molecule has 7 heteroatoms. The standard InChI is InChI=1S/C18H16Cl2N2O2S/c19-12-3-8-15(20)16(9-12)25-10-17(23)21-13-4-1-11(2-5-13)18(24)22-14-6-7-14/h1-5,8-9,14H,6-7,10H2,(H,21,23)(H,22,24). The molecule has 1 aliphatic carbocycles. The molecule has 0 radical (unpaired) electrons. The van der Waals surface area contributed by atoms with Crippen molar-refractivity contribution in [1.29, 1.82) is 0 Å². The lowest BCUT2D eigenvalue weighted by Gasteiger charge is -2.08. The Labute approximate surface area is 160 Å². The van der Waals surface area contributed by atoms with Crippen LogP contribution in [0.1, 0.15) is 23.2 Å². The molecule has 0 spiro atoms. The van der Waals surface area contributed by atoms with E-state index in [9.17, 15) is 9.59 Å². The number of benzene rings is 2. The summed E-state index contributed by atoms with van der Waals surface area (Å²) in [5.41, 5.74) is 1.23. The minimum absolute atomic E-state index is 0.0773. The Kier molecular flexibility index (Phi) is 5.89. The van der Waals surface area contributed by atoms with Crippen LogP contribution in [0.15, 0.2) is 47.4 Å². The first-order valence-corrected chi connectivity index (χ1v) is 9.54. The number of thioether (sulfide) groups is 1. The van der Waals surface area contributed by atoms with E-state index in [1.165, 1.54) is 11.8 Å². The zero-order valence-electron chi connectivity index (χ0n) is 13.2. The number of hydrogen-bond donors (Lipinski definition) is 2. The first-order valence-electron chi connectivity index (χ1n) is 7.80. The van der Waals surface area contributed by atoms with Crippen molar-refractivity contribution in [2.24, 2.45) is 0 Å². The van der Waals surface area contributed by atoms with Gasteiger partial charge in [-0.1, -0.05) is 23.2 Å². The van der Waals surface area contributed by atoms with Gasteiger partial charge in [0.2, 0.25) is 5.91 Å². The van der Waals surface area contributed by atoms with Gasteiger partial charge < -0.3 is 10.6 Å². The third kappa shape index (κ3) is 5.39. The van der Waals surface area contributed by atoms with Crippen molar-refractivity contribution in [3.05, 3.63) is 58.1 Å². The maximum Gasteiger partial charge on any atom is 0.251 e. The molecular weight excluding hydrogens is 379 g/mol. The van der Waals surface area contributed by atoms with Crippen LogP contribution in [0.2, 0.25) is 10.0 Å². The van der Waals surface area contributed by atoms with Gasteiger partial charge in [0.1, 0.15) is 0 Å². The molecule has 0 unspecified atom stereocenters. The molecule has 0 saturated heterocycles. The molecule has 0 aliphatic heterocycles. The molecule has 1 fully saturated rings. The number of anilines is 1. The first kappa shape index (κ1) is 18.1. The van der Waals surface area contributed by atoms with Gasteiger partial charge in [-0.25, -0.2) is 0 Å². The maximum absolute atomic E-state index is 12.1. The van der Waals surface area contributed by atoms with E-state index in [-0.39, 0.29) is 17.6 Å². The van der Waals surface area contributed by atoms with Gasteiger partial charge in [0.05, 0.1) is 10.8 Å². The van der Waals surface area contributed by atoms with Gasteiger partial charge in [0.15, 0.2) is 0 Å². The van der Waals surface area contributed by atoms with E-state index in [0.717, 1.165) is 17.7 Å². The molecule has 4 nitrogen and oxygen atoms in total. The van der Waals surface area contributed by atoms with E-state index in [1.807, 2.05) is 0 Å². The fourth-order valence-electron chi connectivity index (χ4n) is 2.13. The molecule has 1 saturated carbocycles. The smallest absolute Gasteiger partial charge is 0.251 e. The summed E-state index contributed by atoms with van der Waals surface area (Å²) in [6.45, 7) is 0. The Balaban J connectivity index is 1.52. The molecule has 0 atom stereocenters. The van der Waals surface area contributed by atoms with E-state index >= 15 is 0 Å². The molecule has 2 N–H and O–H groups in total. The molecule has 1 aliphatic rings. The highest BCUT2D eigenvalue weighted by atomic mass is 35.5. The minimum Gasteiger partial charge on any atom is -0.349 e. The first-order chi connectivity index (χ1) is 12.0. The summed E-state index contributed by atoms with van der Waals surface area (Å²) in [6.07, 6.45) is 2.10. The second kappa shape index (κ2) is 8.13. The lowest BCUT2D eigenvalue weighted by Crippen LogP contribution is -2.25. The minimum atomic E-state index is -0.156. The zero-order valence-corrected chi connectivity index (χ0v) is 15.5. The van der Waals surface area contributed by atoms with Crippen molar-refractivity contribution < 1.29 is 9.59 Å². The SMILES string of the molecule is O=C(CSc1cc(Cl)ccc1Cl)Nc1ccc(C(=O)NC2CC2)cc1. The lowest BCUT2D eigenvalue weighted by atomic mass is 10.2. The average Bonchev–Trinajstić information content (AvgIpc) is 3.40. The fraction of sp³-hybridized carbons (Fsp3) is 0.222. The Hall–Kier alpha value is -1.69. The van der Waals surface area contributed by atoms with Crippen molar-refractivity contribution in [2.75, 3.05) is 11.1 Å². The predicted octanol–water partition coefficient (Wildman–Crippen LogP) is 4.62. The molecule has 3 rings (SSSR count). The Bertz CT molecular complexity index is 792. The predicted molar refractivity (Wildman–Crippen MR) is 103 cm³/mol. The van der Waals surface area contributed by atoms with Crippen LogP contribution >= 0.6 is 35.0 Å². The highest BCUT2D eigenvalue weighted by Crippen LogP contribution is 2.29. The fourth-order valence-corrected chi connectivity index (χ4v) is 3.42. The third-order valence-corrected chi connectivity index (χ3v) is 5.33. The van der Waals surface area contributed by atoms with Gasteiger partial charge in [-0.05, 0) is 55.3 Å². The van der Waals surface area contributed by atoms with E-state index in [4.69, 9.17) is 23.2 Å². The summed E-state index contributed by atoms with van der Waals surface area (Å²) in [6, 6.07) is 12.3. The van der Waals surface area contributed by atoms with Crippen molar-refractivity contribution in [3.8, 4) is 0 Å². The second-order valence-electron chi connectivity index (χ2n) is 5.74. The normalized spacial score (nSPS) is 13.4. The number of halogens is 2. The summed E-state index contributed by atoms with van der Waals surface area (Å²) in [4.78, 5) is 24.8. The summed E-state index contributed by atoms with van der Waals surface area (Å²) in [7, 11) is 0. The van der Waals surface area contributed by atoms with E-state index in [2.05, 4.69) is 10.6 Å². The quantitative estimate of drug-likeness (QED) is 0.702. The Morgan fingerprint density at radius 3 is 2.48 bits per heavy atom. The number of amides is 2. The molecule has 25 heavy (non-hydrogen) atoms. The topological polar surface area (TPSA) is 58.2 Å². The molecule has 130 valence electrons. The van der Waals surface area contributed by atoms with Crippen LogP contribution in [0.4, 0.5) is 5.69 Å². The van der Waals surface area contributed by atoms with E-state index in [0.29, 0.717) is 27.3 Å². The lowest BCUT2D eigenvalue weighted by molar-refractivity contribution is -0.113. The van der Waals surface area contributed by atoms with Crippen molar-refractivity contribution in [1.82, 2.24) is 5.32 Å². The van der Waals surface area contributed by atoms with Crippen molar-refractivity contribution in [3.63, 3.8) is 0 Å². The molecular formula is C18H16Cl2N2O2S. The van der Waals surface area contributed by atoms with Crippen LogP contribution in [0.3, 0.4) is 0 Å². The van der Waals surface area contributed by atoms with Crippen LogP contribution in [0.5, 0.6) is 0 Å². The van der Waals surface area contributed by atoms with Crippen LogP contribution in [0, 0.1) is 0 Å². The highest BCUT2D eigenvalue weighted by Gasteiger charge is 2.23. The maximum atomic E-state index is 12.1. The van der Waals surface area contributed by atoms with E-state index < -0.39 is 0 Å². The summed E-state index contributed by atoms with van der Waals surface area (Å²) >= 11 is 13.3. The molecule has 2 aromatic carbocycles. The van der Waals surface area contributed by atoms with Crippen molar-refractivity contribution in [2.45, 2.75) is 23.8 Å². The van der Waals surface area contributed by atoms with Gasteiger partial charge in [-0.3, -0.25) is 9.59 Å².